The van der Waals surface area contributed by atoms with Crippen LogP contribution < -0.4 is 10.6 Å². The summed E-state index contributed by atoms with van der Waals surface area (Å²) in [5, 5.41) is 6.72. The summed E-state index contributed by atoms with van der Waals surface area (Å²) in [4.78, 5) is 31.7. The van der Waals surface area contributed by atoms with E-state index in [1.165, 1.54) is 12.3 Å². The fourth-order valence-corrected chi connectivity index (χ4v) is 2.80. The van der Waals surface area contributed by atoms with Crippen LogP contribution in [0.3, 0.4) is 0 Å². The van der Waals surface area contributed by atoms with Gasteiger partial charge in [0.15, 0.2) is 0 Å². The van der Waals surface area contributed by atoms with Crippen LogP contribution in [0.15, 0.2) is 48.8 Å². The second kappa shape index (κ2) is 8.95. The van der Waals surface area contributed by atoms with Crippen LogP contribution in [0.4, 0.5) is 0 Å². The van der Waals surface area contributed by atoms with Crippen LogP contribution in [0.1, 0.15) is 26.4 Å². The van der Waals surface area contributed by atoms with Crippen molar-refractivity contribution >= 4 is 22.7 Å². The summed E-state index contributed by atoms with van der Waals surface area (Å²) in [6.07, 6.45) is 4.12. The number of H-pyrrole nitrogens is 1. The number of methoxy groups -OCH3 is 1. The van der Waals surface area contributed by atoms with Crippen molar-refractivity contribution < 1.29 is 14.3 Å². The number of aromatic amines is 1. The van der Waals surface area contributed by atoms with Gasteiger partial charge in [0, 0.05) is 49.1 Å². The first-order valence-corrected chi connectivity index (χ1v) is 8.75. The van der Waals surface area contributed by atoms with Crippen molar-refractivity contribution in [3.05, 3.63) is 65.6 Å². The Morgan fingerprint density at radius 1 is 1.11 bits per heavy atom. The van der Waals surface area contributed by atoms with Gasteiger partial charge < -0.3 is 20.4 Å². The SMILES string of the molecule is COCCNC(=O)c1ccnc(C(=O)NCCc2c[nH]c3ccccc23)c1. The summed E-state index contributed by atoms with van der Waals surface area (Å²) in [5.41, 5.74) is 2.83. The van der Waals surface area contributed by atoms with Crippen molar-refractivity contribution in [2.75, 3.05) is 26.8 Å². The number of carbonyl (C=O) groups excluding carboxylic acids is 2. The first kappa shape index (κ1) is 18.6. The predicted molar refractivity (Wildman–Crippen MR) is 103 cm³/mol. The van der Waals surface area contributed by atoms with Gasteiger partial charge in [-0.15, -0.1) is 0 Å². The molecule has 2 amide bonds. The molecule has 3 aromatic rings. The van der Waals surface area contributed by atoms with E-state index in [2.05, 4.69) is 26.7 Å². The number of ether oxygens (including phenoxy) is 1. The zero-order valence-electron chi connectivity index (χ0n) is 15.1. The molecule has 1 aromatic carbocycles. The lowest BCUT2D eigenvalue weighted by atomic mass is 10.1. The van der Waals surface area contributed by atoms with Crippen LogP contribution in [0.25, 0.3) is 10.9 Å². The number of carbonyl (C=O) groups is 2. The van der Waals surface area contributed by atoms with Crippen molar-refractivity contribution in [3.8, 4) is 0 Å². The van der Waals surface area contributed by atoms with E-state index in [1.807, 2.05) is 24.4 Å². The second-order valence-electron chi connectivity index (χ2n) is 6.04. The molecule has 0 spiro atoms. The van der Waals surface area contributed by atoms with Crippen LogP contribution in [0.5, 0.6) is 0 Å². The molecule has 0 fully saturated rings. The molecule has 0 aliphatic carbocycles. The third-order valence-electron chi connectivity index (χ3n) is 4.20. The molecule has 140 valence electrons. The summed E-state index contributed by atoms with van der Waals surface area (Å²) in [7, 11) is 1.57. The van der Waals surface area contributed by atoms with E-state index in [-0.39, 0.29) is 17.5 Å². The third-order valence-corrected chi connectivity index (χ3v) is 4.20. The molecule has 0 aliphatic heterocycles. The van der Waals surface area contributed by atoms with Crippen LogP contribution >= 0.6 is 0 Å². The highest BCUT2D eigenvalue weighted by Crippen LogP contribution is 2.17. The highest BCUT2D eigenvalue weighted by atomic mass is 16.5. The van der Waals surface area contributed by atoms with Gasteiger partial charge in [-0.25, -0.2) is 0 Å². The lowest BCUT2D eigenvalue weighted by Gasteiger charge is -2.07. The number of para-hydroxylation sites is 1. The molecular formula is C20H22N4O3. The summed E-state index contributed by atoms with van der Waals surface area (Å²) < 4.78 is 4.90. The maximum absolute atomic E-state index is 12.3. The number of pyridine rings is 1. The maximum atomic E-state index is 12.3. The zero-order valence-corrected chi connectivity index (χ0v) is 15.1. The Morgan fingerprint density at radius 2 is 1.93 bits per heavy atom. The number of fused-ring (bicyclic) bond motifs is 1. The minimum absolute atomic E-state index is 0.216. The molecular weight excluding hydrogens is 344 g/mol. The Balaban J connectivity index is 1.56. The van der Waals surface area contributed by atoms with Gasteiger partial charge >= 0.3 is 0 Å². The minimum Gasteiger partial charge on any atom is -0.383 e. The van der Waals surface area contributed by atoms with E-state index < -0.39 is 0 Å². The van der Waals surface area contributed by atoms with E-state index in [4.69, 9.17) is 4.74 Å². The Morgan fingerprint density at radius 3 is 2.78 bits per heavy atom. The van der Waals surface area contributed by atoms with E-state index in [1.54, 1.807) is 13.2 Å². The fraction of sp³-hybridized carbons (Fsp3) is 0.250. The van der Waals surface area contributed by atoms with Gasteiger partial charge in [0.1, 0.15) is 5.69 Å². The molecule has 2 aromatic heterocycles. The maximum Gasteiger partial charge on any atom is 0.269 e. The average Bonchev–Trinajstić information content (AvgIpc) is 3.11. The lowest BCUT2D eigenvalue weighted by molar-refractivity contribution is 0.0937. The van der Waals surface area contributed by atoms with Crippen molar-refractivity contribution in [1.82, 2.24) is 20.6 Å². The number of nitrogens with zero attached hydrogens (tertiary/aromatic N) is 1. The monoisotopic (exact) mass is 366 g/mol. The van der Waals surface area contributed by atoms with E-state index in [0.29, 0.717) is 31.7 Å². The normalized spacial score (nSPS) is 10.7. The van der Waals surface area contributed by atoms with Gasteiger partial charge in [0.25, 0.3) is 11.8 Å². The molecule has 0 bridgehead atoms. The van der Waals surface area contributed by atoms with Crippen LogP contribution in [0, 0.1) is 0 Å². The molecule has 0 saturated carbocycles. The molecule has 0 radical (unpaired) electrons. The summed E-state index contributed by atoms with van der Waals surface area (Å²) in [6, 6.07) is 11.1. The molecule has 7 nitrogen and oxygen atoms in total. The van der Waals surface area contributed by atoms with Crippen LogP contribution in [-0.4, -0.2) is 48.6 Å². The van der Waals surface area contributed by atoms with Gasteiger partial charge in [0.05, 0.1) is 6.61 Å². The Kier molecular flexibility index (Phi) is 6.17. The standard InChI is InChI=1S/C20H22N4O3/c1-27-11-10-23-19(25)14-6-8-21-18(12-14)20(26)22-9-7-15-13-24-17-5-3-2-4-16(15)17/h2-6,8,12-13,24H,7,9-11H2,1H3,(H,22,26)(H,23,25). The summed E-state index contributed by atoms with van der Waals surface area (Å²) in [5.74, 6) is -0.566. The molecule has 0 aliphatic rings. The highest BCUT2D eigenvalue weighted by molar-refractivity contribution is 5.98. The number of hydrogen-bond acceptors (Lipinski definition) is 4. The summed E-state index contributed by atoms with van der Waals surface area (Å²) in [6.45, 7) is 1.31. The molecule has 3 N–H and O–H groups in total. The van der Waals surface area contributed by atoms with Crippen molar-refractivity contribution in [2.45, 2.75) is 6.42 Å². The third kappa shape index (κ3) is 4.71. The minimum atomic E-state index is -0.304. The molecule has 0 unspecified atom stereocenters. The number of benzene rings is 1. The number of rotatable bonds is 8. The van der Waals surface area contributed by atoms with E-state index >= 15 is 0 Å². The highest BCUT2D eigenvalue weighted by Gasteiger charge is 2.12. The van der Waals surface area contributed by atoms with Gasteiger partial charge in [0.2, 0.25) is 0 Å². The van der Waals surface area contributed by atoms with Gasteiger partial charge in [-0.2, -0.15) is 0 Å². The van der Waals surface area contributed by atoms with E-state index in [9.17, 15) is 9.59 Å². The number of amides is 2. The van der Waals surface area contributed by atoms with Crippen molar-refractivity contribution in [2.24, 2.45) is 0 Å². The topological polar surface area (TPSA) is 96.1 Å². The largest absolute Gasteiger partial charge is 0.383 e. The molecule has 2 heterocycles. The Bertz CT molecular complexity index is 936. The number of hydrogen-bond donors (Lipinski definition) is 3. The molecule has 27 heavy (non-hydrogen) atoms. The zero-order chi connectivity index (χ0) is 19.1. The summed E-state index contributed by atoms with van der Waals surface area (Å²) >= 11 is 0. The Labute approximate surface area is 157 Å². The smallest absolute Gasteiger partial charge is 0.269 e. The van der Waals surface area contributed by atoms with Gasteiger partial charge in [-0.3, -0.25) is 14.6 Å². The fourth-order valence-electron chi connectivity index (χ4n) is 2.80. The average molecular weight is 366 g/mol. The molecule has 7 heteroatoms. The van der Waals surface area contributed by atoms with E-state index in [0.717, 1.165) is 16.5 Å². The van der Waals surface area contributed by atoms with Crippen LogP contribution in [0.2, 0.25) is 0 Å². The first-order chi connectivity index (χ1) is 13.2. The second-order valence-corrected chi connectivity index (χ2v) is 6.04. The molecule has 3 rings (SSSR count). The predicted octanol–water partition coefficient (Wildman–Crippen LogP) is 1.91. The van der Waals surface area contributed by atoms with Crippen LogP contribution in [-0.2, 0) is 11.2 Å². The lowest BCUT2D eigenvalue weighted by Crippen LogP contribution is -2.29. The number of aromatic nitrogens is 2. The molecule has 0 saturated heterocycles. The van der Waals surface area contributed by atoms with Gasteiger partial charge in [-0.1, -0.05) is 18.2 Å². The Hall–Kier alpha value is -3.19. The van der Waals surface area contributed by atoms with Gasteiger partial charge in [-0.05, 0) is 30.2 Å². The quantitative estimate of drug-likeness (QED) is 0.531. The molecule has 0 atom stereocenters. The van der Waals surface area contributed by atoms with Crippen molar-refractivity contribution in [3.63, 3.8) is 0 Å². The number of nitrogens with one attached hydrogen (secondary N) is 3. The first-order valence-electron chi connectivity index (χ1n) is 8.75. The van der Waals surface area contributed by atoms with Crippen molar-refractivity contribution in [1.29, 1.82) is 0 Å².